The summed E-state index contributed by atoms with van der Waals surface area (Å²) in [6, 6.07) is 5.99. The lowest BCUT2D eigenvalue weighted by atomic mass is 10.1. The summed E-state index contributed by atoms with van der Waals surface area (Å²) in [7, 11) is 0. The molecule has 4 heteroatoms. The molecule has 18 heavy (non-hydrogen) atoms. The van der Waals surface area contributed by atoms with Crippen LogP contribution in [0, 0.1) is 6.92 Å². The minimum Gasteiger partial charge on any atom is -0.441 e. The van der Waals surface area contributed by atoms with Gasteiger partial charge in [0.15, 0.2) is 11.5 Å². The summed E-state index contributed by atoms with van der Waals surface area (Å²) >= 11 is 0. The van der Waals surface area contributed by atoms with Crippen LogP contribution < -0.4 is 10.6 Å². The third kappa shape index (κ3) is 3.47. The number of aromatic nitrogens is 1. The van der Waals surface area contributed by atoms with E-state index in [2.05, 4.69) is 36.4 Å². The predicted octanol–water partition coefficient (Wildman–Crippen LogP) is 2.94. The Kier molecular flexibility index (Phi) is 3.57. The van der Waals surface area contributed by atoms with Crippen LogP contribution >= 0.6 is 0 Å². The van der Waals surface area contributed by atoms with E-state index in [4.69, 9.17) is 4.42 Å². The van der Waals surface area contributed by atoms with Crippen LogP contribution in [-0.4, -0.2) is 23.6 Å². The molecule has 4 nitrogen and oxygen atoms in total. The number of hydrogen-bond acceptors (Lipinski definition) is 4. The smallest absolute Gasteiger partial charge is 0.192 e. The predicted molar refractivity (Wildman–Crippen MR) is 75.0 cm³/mol. The quantitative estimate of drug-likeness (QED) is 0.816. The van der Waals surface area contributed by atoms with Gasteiger partial charge in [-0.25, -0.2) is 4.98 Å². The second-order valence-corrected chi connectivity index (χ2v) is 5.52. The van der Waals surface area contributed by atoms with Crippen LogP contribution in [0.15, 0.2) is 22.6 Å². The van der Waals surface area contributed by atoms with Crippen LogP contribution in [0.3, 0.4) is 0 Å². The lowest BCUT2D eigenvalue weighted by Gasteiger charge is -2.20. The molecule has 0 spiro atoms. The first-order chi connectivity index (χ1) is 8.44. The molecule has 2 N–H and O–H groups in total. The Bertz CT molecular complexity index is 525. The van der Waals surface area contributed by atoms with E-state index in [1.807, 2.05) is 25.1 Å². The zero-order chi connectivity index (χ0) is 13.2. The van der Waals surface area contributed by atoms with Crippen molar-refractivity contribution < 1.29 is 4.42 Å². The van der Waals surface area contributed by atoms with Crippen molar-refractivity contribution in [1.29, 1.82) is 0 Å². The molecule has 0 radical (unpaired) electrons. The fourth-order valence-electron chi connectivity index (χ4n) is 1.80. The van der Waals surface area contributed by atoms with Crippen molar-refractivity contribution in [3.63, 3.8) is 0 Å². The molecule has 1 aromatic carbocycles. The Balaban J connectivity index is 1.91. The SMILES string of the molecule is Cc1nc2cc(NCCNC(C)(C)C)ccc2o1. The van der Waals surface area contributed by atoms with Gasteiger partial charge in [-0.2, -0.15) is 0 Å². The van der Waals surface area contributed by atoms with Crippen molar-refractivity contribution in [2.75, 3.05) is 18.4 Å². The van der Waals surface area contributed by atoms with Crippen LogP contribution in [0.5, 0.6) is 0 Å². The second-order valence-electron chi connectivity index (χ2n) is 5.52. The van der Waals surface area contributed by atoms with Gasteiger partial charge in [-0.05, 0) is 39.0 Å². The van der Waals surface area contributed by atoms with Crippen LogP contribution in [-0.2, 0) is 0 Å². The summed E-state index contributed by atoms with van der Waals surface area (Å²) in [5, 5.41) is 6.81. The van der Waals surface area contributed by atoms with Gasteiger partial charge >= 0.3 is 0 Å². The zero-order valence-corrected chi connectivity index (χ0v) is 11.5. The standard InChI is InChI=1S/C14H21N3O/c1-10-17-12-9-11(5-6-13(12)18-10)15-7-8-16-14(2,3)4/h5-6,9,15-16H,7-8H2,1-4H3. The highest BCUT2D eigenvalue weighted by molar-refractivity contribution is 5.77. The largest absolute Gasteiger partial charge is 0.441 e. The Morgan fingerprint density at radius 2 is 2.00 bits per heavy atom. The molecule has 0 aliphatic carbocycles. The highest BCUT2D eigenvalue weighted by Crippen LogP contribution is 2.19. The van der Waals surface area contributed by atoms with Gasteiger partial charge in [0.25, 0.3) is 0 Å². The molecule has 2 aromatic rings. The molecule has 0 amide bonds. The maximum Gasteiger partial charge on any atom is 0.192 e. The van der Waals surface area contributed by atoms with Crippen LogP contribution in [0.4, 0.5) is 5.69 Å². The number of aryl methyl sites for hydroxylation is 1. The van der Waals surface area contributed by atoms with Gasteiger partial charge in [0.1, 0.15) is 5.52 Å². The van der Waals surface area contributed by atoms with Crippen molar-refractivity contribution in [2.45, 2.75) is 33.2 Å². The monoisotopic (exact) mass is 247 g/mol. The first-order valence-electron chi connectivity index (χ1n) is 6.30. The molecule has 0 saturated heterocycles. The molecular weight excluding hydrogens is 226 g/mol. The van der Waals surface area contributed by atoms with Crippen molar-refractivity contribution in [3.05, 3.63) is 24.1 Å². The lowest BCUT2D eigenvalue weighted by Crippen LogP contribution is -2.38. The zero-order valence-electron chi connectivity index (χ0n) is 11.5. The van der Waals surface area contributed by atoms with Crippen LogP contribution in [0.25, 0.3) is 11.1 Å². The number of benzene rings is 1. The fraction of sp³-hybridized carbons (Fsp3) is 0.500. The fourth-order valence-corrected chi connectivity index (χ4v) is 1.80. The van der Waals surface area contributed by atoms with E-state index in [1.54, 1.807) is 0 Å². The molecule has 1 heterocycles. The molecule has 0 aliphatic heterocycles. The number of hydrogen-bond donors (Lipinski definition) is 2. The molecule has 0 bridgehead atoms. The Morgan fingerprint density at radius 3 is 2.72 bits per heavy atom. The summed E-state index contributed by atoms with van der Waals surface area (Å²) < 4.78 is 5.44. The van der Waals surface area contributed by atoms with E-state index in [-0.39, 0.29) is 5.54 Å². The third-order valence-corrected chi connectivity index (χ3v) is 2.60. The minimum absolute atomic E-state index is 0.162. The lowest BCUT2D eigenvalue weighted by molar-refractivity contribution is 0.435. The number of nitrogens with one attached hydrogen (secondary N) is 2. The van der Waals surface area contributed by atoms with Crippen LogP contribution in [0.1, 0.15) is 26.7 Å². The maximum atomic E-state index is 5.44. The first-order valence-corrected chi connectivity index (χ1v) is 6.30. The number of rotatable bonds is 4. The van der Waals surface area contributed by atoms with Crippen molar-refractivity contribution >= 4 is 16.8 Å². The van der Waals surface area contributed by atoms with E-state index in [0.717, 1.165) is 29.9 Å². The van der Waals surface area contributed by atoms with E-state index < -0.39 is 0 Å². The maximum absolute atomic E-state index is 5.44. The van der Waals surface area contributed by atoms with Crippen molar-refractivity contribution in [3.8, 4) is 0 Å². The van der Waals surface area contributed by atoms with E-state index in [0.29, 0.717) is 5.89 Å². The summed E-state index contributed by atoms with van der Waals surface area (Å²) in [6.45, 7) is 10.2. The van der Waals surface area contributed by atoms with E-state index in [9.17, 15) is 0 Å². The Morgan fingerprint density at radius 1 is 1.22 bits per heavy atom. The second kappa shape index (κ2) is 4.98. The van der Waals surface area contributed by atoms with Crippen molar-refractivity contribution in [1.82, 2.24) is 10.3 Å². The normalized spacial score (nSPS) is 12.0. The average Bonchev–Trinajstić information content (AvgIpc) is 2.62. The van der Waals surface area contributed by atoms with E-state index in [1.165, 1.54) is 0 Å². The molecule has 1 aromatic heterocycles. The van der Waals surface area contributed by atoms with E-state index >= 15 is 0 Å². The van der Waals surface area contributed by atoms with Crippen molar-refractivity contribution in [2.24, 2.45) is 0 Å². The van der Waals surface area contributed by atoms with Gasteiger partial charge in [-0.15, -0.1) is 0 Å². The summed E-state index contributed by atoms with van der Waals surface area (Å²) in [5.41, 5.74) is 2.98. The first kappa shape index (κ1) is 12.9. The Labute approximate surface area is 108 Å². The number of fused-ring (bicyclic) bond motifs is 1. The molecule has 98 valence electrons. The number of anilines is 1. The molecule has 0 atom stereocenters. The number of nitrogens with zero attached hydrogens (tertiary/aromatic N) is 1. The molecule has 0 saturated carbocycles. The summed E-state index contributed by atoms with van der Waals surface area (Å²) in [4.78, 5) is 4.32. The van der Waals surface area contributed by atoms with Gasteiger partial charge < -0.3 is 15.1 Å². The average molecular weight is 247 g/mol. The van der Waals surface area contributed by atoms with Gasteiger partial charge in [0.05, 0.1) is 0 Å². The van der Waals surface area contributed by atoms with Gasteiger partial charge in [0, 0.05) is 31.2 Å². The molecular formula is C14H21N3O. The molecule has 2 rings (SSSR count). The third-order valence-electron chi connectivity index (χ3n) is 2.60. The molecule has 0 aliphatic rings. The highest BCUT2D eigenvalue weighted by atomic mass is 16.3. The molecule has 0 unspecified atom stereocenters. The summed E-state index contributed by atoms with van der Waals surface area (Å²) in [6.07, 6.45) is 0. The molecule has 0 fully saturated rings. The van der Waals surface area contributed by atoms with Crippen LogP contribution in [0.2, 0.25) is 0 Å². The van der Waals surface area contributed by atoms with Gasteiger partial charge in [-0.1, -0.05) is 0 Å². The number of oxazole rings is 1. The highest BCUT2D eigenvalue weighted by Gasteiger charge is 2.07. The van der Waals surface area contributed by atoms with Gasteiger partial charge in [-0.3, -0.25) is 0 Å². The topological polar surface area (TPSA) is 50.1 Å². The van der Waals surface area contributed by atoms with Gasteiger partial charge in [0.2, 0.25) is 0 Å². The summed E-state index contributed by atoms with van der Waals surface area (Å²) in [5.74, 6) is 0.705. The minimum atomic E-state index is 0.162. The Hall–Kier alpha value is -1.55.